The van der Waals surface area contributed by atoms with Crippen LogP contribution in [0.1, 0.15) is 0 Å². The van der Waals surface area contributed by atoms with E-state index < -0.39 is 0 Å². The third kappa shape index (κ3) is 5.44. The molecule has 10 aromatic carbocycles. The van der Waals surface area contributed by atoms with Crippen molar-refractivity contribution in [3.05, 3.63) is 206 Å². The van der Waals surface area contributed by atoms with Crippen LogP contribution >= 0.6 is 0 Å². The molecule has 0 amide bonds. The van der Waals surface area contributed by atoms with Crippen LogP contribution in [0, 0.1) is 0 Å². The van der Waals surface area contributed by atoms with Crippen molar-refractivity contribution in [2.45, 2.75) is 0 Å². The largest absolute Gasteiger partial charge is 0.456 e. The Morgan fingerprint density at radius 1 is 0.323 bits per heavy atom. The van der Waals surface area contributed by atoms with Crippen molar-refractivity contribution in [3.63, 3.8) is 0 Å². The summed E-state index contributed by atoms with van der Waals surface area (Å²) >= 11 is 0. The van der Waals surface area contributed by atoms with Crippen LogP contribution in [-0.2, 0) is 0 Å². The number of aromatic nitrogens is 4. The molecule has 0 aliphatic rings. The van der Waals surface area contributed by atoms with Gasteiger partial charge in [0.1, 0.15) is 22.3 Å². The van der Waals surface area contributed by atoms with Crippen molar-refractivity contribution in [2.75, 3.05) is 0 Å². The zero-order valence-corrected chi connectivity index (χ0v) is 34.7. The van der Waals surface area contributed by atoms with Crippen molar-refractivity contribution in [2.24, 2.45) is 0 Å². The molecule has 0 radical (unpaired) electrons. The summed E-state index contributed by atoms with van der Waals surface area (Å²) in [7, 11) is 0. The maximum Gasteiger partial charge on any atom is 0.164 e. The third-order valence-corrected chi connectivity index (χ3v) is 13.0. The molecule has 302 valence electrons. The topological polar surface area (TPSA) is 69.9 Å². The zero-order valence-electron chi connectivity index (χ0n) is 34.7. The van der Waals surface area contributed by atoms with E-state index in [0.717, 1.165) is 99.2 Å². The summed E-state index contributed by atoms with van der Waals surface area (Å²) in [6, 6.07) is 72.2. The van der Waals surface area contributed by atoms with Gasteiger partial charge >= 0.3 is 0 Å². The summed E-state index contributed by atoms with van der Waals surface area (Å²) in [5.41, 5.74) is 11.2. The highest BCUT2D eigenvalue weighted by atomic mass is 16.3. The molecule has 0 atom stereocenters. The first-order chi connectivity index (χ1) is 32.2. The molecule has 4 heterocycles. The minimum atomic E-state index is 0.559. The van der Waals surface area contributed by atoms with Gasteiger partial charge in [-0.3, -0.25) is 0 Å². The first-order valence-electron chi connectivity index (χ1n) is 21.8. The van der Waals surface area contributed by atoms with E-state index in [0.29, 0.717) is 17.5 Å². The van der Waals surface area contributed by atoms with Gasteiger partial charge in [0, 0.05) is 60.1 Å². The van der Waals surface area contributed by atoms with Gasteiger partial charge in [-0.1, -0.05) is 146 Å². The van der Waals surface area contributed by atoms with Gasteiger partial charge in [-0.05, 0) is 87.9 Å². The molecule has 0 aliphatic heterocycles. The molecule has 0 fully saturated rings. The number of benzene rings is 10. The molecule has 0 saturated heterocycles. The summed E-state index contributed by atoms with van der Waals surface area (Å²) < 4.78 is 15.6. The lowest BCUT2D eigenvalue weighted by Crippen LogP contribution is -2.02. The Morgan fingerprint density at radius 3 is 1.80 bits per heavy atom. The fourth-order valence-corrected chi connectivity index (χ4v) is 10.1. The second-order valence-corrected chi connectivity index (χ2v) is 16.7. The summed E-state index contributed by atoms with van der Waals surface area (Å²) in [5.74, 6) is 1.70. The van der Waals surface area contributed by atoms with Crippen molar-refractivity contribution in [1.29, 1.82) is 0 Å². The number of hydrogen-bond acceptors (Lipinski definition) is 5. The van der Waals surface area contributed by atoms with Crippen LogP contribution in [0.5, 0.6) is 0 Å². The summed E-state index contributed by atoms with van der Waals surface area (Å²) in [4.78, 5) is 16.0. The predicted octanol–water partition coefficient (Wildman–Crippen LogP) is 15.7. The van der Waals surface area contributed by atoms with Crippen molar-refractivity contribution >= 4 is 87.2 Å². The zero-order chi connectivity index (χ0) is 42.6. The van der Waals surface area contributed by atoms with Crippen LogP contribution in [-0.4, -0.2) is 19.5 Å². The number of para-hydroxylation sites is 2. The van der Waals surface area contributed by atoms with Crippen molar-refractivity contribution < 1.29 is 8.83 Å². The average Bonchev–Trinajstić information content (AvgIpc) is 4.05. The van der Waals surface area contributed by atoms with E-state index in [2.05, 4.69) is 162 Å². The average molecular weight is 831 g/mol. The number of furan rings is 2. The molecule has 0 spiro atoms. The van der Waals surface area contributed by atoms with Gasteiger partial charge in [-0.15, -0.1) is 0 Å². The molecule has 0 bridgehead atoms. The lowest BCUT2D eigenvalue weighted by Gasteiger charge is -2.16. The first kappa shape index (κ1) is 35.7. The van der Waals surface area contributed by atoms with E-state index in [1.165, 1.54) is 21.5 Å². The molecular formula is C59H34N4O2. The number of nitrogens with zero attached hydrogens (tertiary/aromatic N) is 4. The van der Waals surface area contributed by atoms with Crippen LogP contribution in [0.25, 0.3) is 138 Å². The minimum Gasteiger partial charge on any atom is -0.456 e. The van der Waals surface area contributed by atoms with E-state index in [1.54, 1.807) is 0 Å². The van der Waals surface area contributed by atoms with Gasteiger partial charge in [0.25, 0.3) is 0 Å². The van der Waals surface area contributed by atoms with Gasteiger partial charge in [-0.2, -0.15) is 0 Å². The molecule has 6 nitrogen and oxygen atoms in total. The van der Waals surface area contributed by atoms with E-state index in [1.807, 2.05) is 48.5 Å². The quantitative estimate of drug-likeness (QED) is 0.173. The Morgan fingerprint density at radius 2 is 0.954 bits per heavy atom. The number of fused-ring (bicyclic) bond motifs is 12. The Hall–Kier alpha value is -8.87. The lowest BCUT2D eigenvalue weighted by molar-refractivity contribution is 0.669. The van der Waals surface area contributed by atoms with Crippen LogP contribution in [0.15, 0.2) is 215 Å². The van der Waals surface area contributed by atoms with Crippen LogP contribution in [0.2, 0.25) is 0 Å². The molecule has 14 aromatic rings. The fourth-order valence-electron chi connectivity index (χ4n) is 10.1. The van der Waals surface area contributed by atoms with Gasteiger partial charge < -0.3 is 13.4 Å². The van der Waals surface area contributed by atoms with Gasteiger partial charge in [0.05, 0.1) is 11.0 Å². The number of rotatable bonds is 5. The van der Waals surface area contributed by atoms with Crippen LogP contribution in [0.4, 0.5) is 0 Å². The van der Waals surface area contributed by atoms with Crippen molar-refractivity contribution in [3.8, 4) is 51.0 Å². The van der Waals surface area contributed by atoms with Gasteiger partial charge in [0.2, 0.25) is 0 Å². The second-order valence-electron chi connectivity index (χ2n) is 16.7. The smallest absolute Gasteiger partial charge is 0.164 e. The standard InChI is InChI=1S/C59H34N4O2/c1-2-15-36(16-3-1)57-60-58(62-59(61-57)46-23-13-26-52-55(46)44-21-9-11-25-51(44)64-52)43-31-29-39(63-49-24-10-8-20-41(49)48-32-37-17-4-5-18-38(37)33-50(48)63)34-47(43)42-22-12-27-53-54(42)45-30-28-35-14-6-7-19-40(35)56(45)65-53/h1-34H. The highest BCUT2D eigenvalue weighted by molar-refractivity contribution is 6.20. The Bertz CT molecular complexity index is 4250. The predicted molar refractivity (Wildman–Crippen MR) is 265 cm³/mol. The lowest BCUT2D eigenvalue weighted by atomic mass is 9.93. The molecule has 4 aromatic heterocycles. The Labute approximate surface area is 371 Å². The monoisotopic (exact) mass is 830 g/mol. The fraction of sp³-hybridized carbons (Fsp3) is 0. The minimum absolute atomic E-state index is 0.559. The molecular weight excluding hydrogens is 797 g/mol. The first-order valence-corrected chi connectivity index (χ1v) is 21.8. The maximum atomic E-state index is 6.80. The highest BCUT2D eigenvalue weighted by Gasteiger charge is 2.23. The van der Waals surface area contributed by atoms with E-state index >= 15 is 0 Å². The molecule has 0 N–H and O–H groups in total. The van der Waals surface area contributed by atoms with Crippen LogP contribution < -0.4 is 0 Å². The molecule has 6 heteroatoms. The maximum absolute atomic E-state index is 6.80. The third-order valence-electron chi connectivity index (χ3n) is 13.0. The SMILES string of the molecule is c1ccc(-c2nc(-c3ccc(-n4c5ccccc5c5cc6ccccc6cc54)cc3-c3cccc4oc5c6ccccc6ccc5c34)nc(-c3cccc4oc5ccccc5c34)n2)cc1. The summed E-state index contributed by atoms with van der Waals surface area (Å²) in [6.45, 7) is 0. The van der Waals surface area contributed by atoms with Gasteiger partial charge in [0.15, 0.2) is 17.5 Å². The molecule has 0 aliphatic carbocycles. The van der Waals surface area contributed by atoms with Crippen LogP contribution in [0.3, 0.4) is 0 Å². The summed E-state index contributed by atoms with van der Waals surface area (Å²) in [5, 5.41) is 11.1. The van der Waals surface area contributed by atoms with E-state index in [9.17, 15) is 0 Å². The Balaban J connectivity index is 1.09. The van der Waals surface area contributed by atoms with Gasteiger partial charge in [-0.25, -0.2) is 15.0 Å². The molecule has 0 saturated carbocycles. The van der Waals surface area contributed by atoms with E-state index in [4.69, 9.17) is 23.8 Å². The molecule has 0 unspecified atom stereocenters. The molecule has 14 rings (SSSR count). The Kier molecular flexibility index (Phi) is 7.59. The molecule has 65 heavy (non-hydrogen) atoms. The van der Waals surface area contributed by atoms with E-state index in [-0.39, 0.29) is 0 Å². The summed E-state index contributed by atoms with van der Waals surface area (Å²) in [6.07, 6.45) is 0. The number of hydrogen-bond donors (Lipinski definition) is 0. The van der Waals surface area contributed by atoms with Crippen molar-refractivity contribution in [1.82, 2.24) is 19.5 Å². The second kappa shape index (κ2) is 13.8. The normalized spacial score (nSPS) is 12.0. The highest BCUT2D eigenvalue weighted by Crippen LogP contribution is 2.45.